The number of hydrogen-bond donors (Lipinski definition) is 2. The molecule has 0 radical (unpaired) electrons. The van der Waals surface area contributed by atoms with Crippen LogP contribution in [0.2, 0.25) is 0 Å². The lowest BCUT2D eigenvalue weighted by atomic mass is 9.92. The van der Waals surface area contributed by atoms with Crippen molar-refractivity contribution >= 4 is 0 Å². The number of fused-ring (bicyclic) bond motifs is 1. The summed E-state index contributed by atoms with van der Waals surface area (Å²) in [6, 6.07) is 14.7. The van der Waals surface area contributed by atoms with Crippen molar-refractivity contribution in [2.24, 2.45) is 0 Å². The molecular formula is C25H28N6O. The lowest BCUT2D eigenvalue weighted by molar-refractivity contribution is 0.266. The van der Waals surface area contributed by atoms with E-state index >= 15 is 0 Å². The average Bonchev–Trinajstić information content (AvgIpc) is 3.44. The Hall–Kier alpha value is -3.29. The number of rotatable bonds is 8. The summed E-state index contributed by atoms with van der Waals surface area (Å²) in [6.45, 7) is 2.12. The molecule has 0 aliphatic heterocycles. The number of nitrogens with zero attached hydrogens (tertiary/aromatic N) is 5. The van der Waals surface area contributed by atoms with Gasteiger partial charge < -0.3 is 10.4 Å². The van der Waals surface area contributed by atoms with Crippen molar-refractivity contribution in [3.63, 3.8) is 0 Å². The van der Waals surface area contributed by atoms with Crippen LogP contribution in [0.5, 0.6) is 0 Å². The lowest BCUT2D eigenvalue weighted by Crippen LogP contribution is -2.25. The SMILES string of the molecule is OCCn1ncc2c1CCCC2NCc1cn(Cc2ccccc2)nc1-c1cccnc1. The summed E-state index contributed by atoms with van der Waals surface area (Å²) in [5, 5.41) is 22.5. The van der Waals surface area contributed by atoms with Crippen molar-refractivity contribution in [1.29, 1.82) is 0 Å². The van der Waals surface area contributed by atoms with Gasteiger partial charge in [0.05, 0.1) is 31.6 Å². The molecule has 3 aromatic heterocycles. The standard InChI is InChI=1S/C25H28N6O/c32-13-12-31-24-10-4-9-23(22(24)16-28-31)27-15-21-18-30(17-19-6-2-1-3-7-19)29-25(21)20-8-5-11-26-14-20/h1-3,5-8,11,14,16,18,23,27,32H,4,9-10,12-13,15,17H2. The molecule has 7 heteroatoms. The topological polar surface area (TPSA) is 80.8 Å². The summed E-state index contributed by atoms with van der Waals surface area (Å²) >= 11 is 0. The van der Waals surface area contributed by atoms with E-state index < -0.39 is 0 Å². The highest BCUT2D eigenvalue weighted by Gasteiger charge is 2.24. The van der Waals surface area contributed by atoms with Crippen molar-refractivity contribution in [2.45, 2.75) is 44.9 Å². The van der Waals surface area contributed by atoms with Crippen LogP contribution in [0.3, 0.4) is 0 Å². The van der Waals surface area contributed by atoms with Crippen molar-refractivity contribution in [1.82, 2.24) is 29.9 Å². The maximum atomic E-state index is 9.31. The number of nitrogens with one attached hydrogen (secondary N) is 1. The molecule has 32 heavy (non-hydrogen) atoms. The van der Waals surface area contributed by atoms with Crippen molar-refractivity contribution < 1.29 is 5.11 Å². The Kier molecular flexibility index (Phi) is 6.09. The second-order valence-corrected chi connectivity index (χ2v) is 8.25. The molecule has 0 bridgehead atoms. The Balaban J connectivity index is 1.38. The lowest BCUT2D eigenvalue weighted by Gasteiger charge is -2.24. The number of aliphatic hydroxyl groups excluding tert-OH is 1. The molecule has 1 aliphatic carbocycles. The molecule has 0 saturated carbocycles. The molecule has 0 spiro atoms. The zero-order chi connectivity index (χ0) is 21.8. The third kappa shape index (κ3) is 4.35. The molecule has 7 nitrogen and oxygen atoms in total. The van der Waals surface area contributed by atoms with Crippen LogP contribution in [0.15, 0.2) is 67.3 Å². The smallest absolute Gasteiger partial charge is 0.0983 e. The fourth-order valence-corrected chi connectivity index (χ4v) is 4.54. The predicted molar refractivity (Wildman–Crippen MR) is 123 cm³/mol. The monoisotopic (exact) mass is 428 g/mol. The molecule has 0 amide bonds. The minimum Gasteiger partial charge on any atom is -0.394 e. The molecule has 164 valence electrons. The van der Waals surface area contributed by atoms with Gasteiger partial charge in [-0.3, -0.25) is 14.3 Å². The van der Waals surface area contributed by atoms with Gasteiger partial charge in [-0.05, 0) is 37.0 Å². The van der Waals surface area contributed by atoms with Crippen LogP contribution in [0.4, 0.5) is 0 Å². The second-order valence-electron chi connectivity index (χ2n) is 8.25. The molecule has 2 N–H and O–H groups in total. The van der Waals surface area contributed by atoms with E-state index in [4.69, 9.17) is 5.10 Å². The third-order valence-electron chi connectivity index (χ3n) is 6.07. The van der Waals surface area contributed by atoms with Crippen LogP contribution in [0, 0.1) is 0 Å². The van der Waals surface area contributed by atoms with Crippen LogP contribution in [-0.2, 0) is 26.1 Å². The van der Waals surface area contributed by atoms with Gasteiger partial charge in [0.15, 0.2) is 0 Å². The second kappa shape index (κ2) is 9.46. The van der Waals surface area contributed by atoms with Crippen molar-refractivity contribution in [3.8, 4) is 11.3 Å². The van der Waals surface area contributed by atoms with Crippen molar-refractivity contribution in [2.75, 3.05) is 6.61 Å². The van der Waals surface area contributed by atoms with Crippen LogP contribution < -0.4 is 5.32 Å². The average molecular weight is 429 g/mol. The number of benzene rings is 1. The number of aromatic nitrogens is 5. The van der Waals surface area contributed by atoms with E-state index in [-0.39, 0.29) is 12.6 Å². The molecule has 1 atom stereocenters. The summed E-state index contributed by atoms with van der Waals surface area (Å²) in [5.74, 6) is 0. The summed E-state index contributed by atoms with van der Waals surface area (Å²) < 4.78 is 3.96. The van der Waals surface area contributed by atoms with Gasteiger partial charge in [0.25, 0.3) is 0 Å². The summed E-state index contributed by atoms with van der Waals surface area (Å²) in [6.07, 6.45) is 11.0. The van der Waals surface area contributed by atoms with Crippen LogP contribution in [-0.4, -0.2) is 36.3 Å². The molecule has 5 rings (SSSR count). The van der Waals surface area contributed by atoms with E-state index in [1.165, 1.54) is 16.8 Å². The Morgan fingerprint density at radius 1 is 1.09 bits per heavy atom. The van der Waals surface area contributed by atoms with Gasteiger partial charge in [0.1, 0.15) is 0 Å². The van der Waals surface area contributed by atoms with E-state index in [2.05, 4.69) is 51.9 Å². The Labute approximate surface area is 187 Å². The molecule has 1 aliphatic rings. The first-order valence-corrected chi connectivity index (χ1v) is 11.2. The molecule has 1 unspecified atom stereocenters. The Morgan fingerprint density at radius 3 is 2.81 bits per heavy atom. The first kappa shape index (κ1) is 20.6. The van der Waals surface area contributed by atoms with Gasteiger partial charge in [0, 0.05) is 53.6 Å². The molecular weight excluding hydrogens is 400 g/mol. The summed E-state index contributed by atoms with van der Waals surface area (Å²) in [7, 11) is 0. The first-order valence-electron chi connectivity index (χ1n) is 11.2. The maximum Gasteiger partial charge on any atom is 0.0983 e. The molecule has 3 heterocycles. The Bertz CT molecular complexity index is 1150. The highest BCUT2D eigenvalue weighted by atomic mass is 16.3. The van der Waals surface area contributed by atoms with Gasteiger partial charge in [-0.15, -0.1) is 0 Å². The van der Waals surface area contributed by atoms with Crippen molar-refractivity contribution in [3.05, 3.63) is 89.6 Å². The zero-order valence-electron chi connectivity index (χ0n) is 18.1. The van der Waals surface area contributed by atoms with E-state index in [0.717, 1.165) is 42.6 Å². The fraction of sp³-hybridized carbons (Fsp3) is 0.320. The number of aliphatic hydroxyl groups is 1. The van der Waals surface area contributed by atoms with E-state index in [0.29, 0.717) is 13.1 Å². The minimum absolute atomic E-state index is 0.112. The van der Waals surface area contributed by atoms with E-state index in [1.54, 1.807) is 6.20 Å². The van der Waals surface area contributed by atoms with E-state index in [9.17, 15) is 5.11 Å². The summed E-state index contributed by atoms with van der Waals surface area (Å²) in [4.78, 5) is 4.29. The van der Waals surface area contributed by atoms with Crippen LogP contribution in [0.1, 0.15) is 41.3 Å². The highest BCUT2D eigenvalue weighted by Crippen LogP contribution is 2.30. The van der Waals surface area contributed by atoms with Gasteiger partial charge in [-0.1, -0.05) is 30.3 Å². The van der Waals surface area contributed by atoms with Crippen LogP contribution >= 0.6 is 0 Å². The van der Waals surface area contributed by atoms with Crippen LogP contribution in [0.25, 0.3) is 11.3 Å². The maximum absolute atomic E-state index is 9.31. The first-order chi connectivity index (χ1) is 15.8. The zero-order valence-corrected chi connectivity index (χ0v) is 18.1. The van der Waals surface area contributed by atoms with Gasteiger partial charge >= 0.3 is 0 Å². The van der Waals surface area contributed by atoms with Gasteiger partial charge in [-0.2, -0.15) is 10.2 Å². The molecule has 0 saturated heterocycles. The Morgan fingerprint density at radius 2 is 2.00 bits per heavy atom. The van der Waals surface area contributed by atoms with Gasteiger partial charge in [-0.25, -0.2) is 0 Å². The van der Waals surface area contributed by atoms with E-state index in [1.807, 2.05) is 33.9 Å². The molecule has 4 aromatic rings. The quantitative estimate of drug-likeness (QED) is 0.450. The minimum atomic E-state index is 0.112. The molecule has 1 aromatic carbocycles. The van der Waals surface area contributed by atoms with Gasteiger partial charge in [0.2, 0.25) is 0 Å². The normalized spacial score (nSPS) is 15.6. The number of pyridine rings is 1. The third-order valence-corrected chi connectivity index (χ3v) is 6.07. The highest BCUT2D eigenvalue weighted by molar-refractivity contribution is 5.61. The largest absolute Gasteiger partial charge is 0.394 e. The number of hydrogen-bond acceptors (Lipinski definition) is 5. The predicted octanol–water partition coefficient (Wildman–Crippen LogP) is 3.35. The molecule has 0 fully saturated rings. The fourth-order valence-electron chi connectivity index (χ4n) is 4.54. The summed E-state index contributed by atoms with van der Waals surface area (Å²) in [5.41, 5.74) is 6.87.